The molecule has 2 N–H and O–H groups in total. The zero-order chi connectivity index (χ0) is 21.2. The maximum Gasteiger partial charge on any atom is 0.264 e. The molecule has 2 aromatic carbocycles. The Balaban J connectivity index is 1.41. The molecule has 2 saturated carbocycles. The third-order valence-electron chi connectivity index (χ3n) is 6.28. The van der Waals surface area contributed by atoms with Gasteiger partial charge in [0.1, 0.15) is 10.7 Å². The van der Waals surface area contributed by atoms with Gasteiger partial charge >= 0.3 is 0 Å². The van der Waals surface area contributed by atoms with Gasteiger partial charge in [-0.2, -0.15) is 0 Å². The number of carbonyl (C=O) groups is 1. The topological polar surface area (TPSA) is 75.3 Å². The van der Waals surface area contributed by atoms with E-state index in [-0.39, 0.29) is 5.91 Å². The number of nitrogens with one attached hydrogen (secondary N) is 2. The van der Waals surface area contributed by atoms with Crippen LogP contribution in [-0.2, 0) is 20.2 Å². The molecule has 0 atom stereocenters. The number of carbonyl (C=O) groups excluding carboxylic acids is 1. The molecule has 0 bridgehead atoms. The summed E-state index contributed by atoms with van der Waals surface area (Å²) in [6, 6.07) is 12.1. The summed E-state index contributed by atoms with van der Waals surface area (Å²) < 4.78 is 41.1. The van der Waals surface area contributed by atoms with Crippen molar-refractivity contribution in [1.29, 1.82) is 0 Å². The van der Waals surface area contributed by atoms with Crippen molar-refractivity contribution in [3.8, 4) is 0 Å². The van der Waals surface area contributed by atoms with E-state index in [2.05, 4.69) is 10.0 Å². The van der Waals surface area contributed by atoms with E-state index in [1.165, 1.54) is 50.3 Å². The lowest BCUT2D eigenvalue weighted by Crippen LogP contribution is -2.38. The fraction of sp³-hybridized carbons (Fsp3) is 0.435. The highest BCUT2D eigenvalue weighted by Gasteiger charge is 2.51. The Morgan fingerprint density at radius 1 is 1.00 bits per heavy atom. The molecular formula is C23H27FN2O3S. The van der Waals surface area contributed by atoms with Crippen molar-refractivity contribution in [3.05, 3.63) is 59.9 Å². The molecule has 4 rings (SSSR count). The van der Waals surface area contributed by atoms with Gasteiger partial charge in [0.2, 0.25) is 5.91 Å². The van der Waals surface area contributed by atoms with Gasteiger partial charge in [0.15, 0.2) is 0 Å². The van der Waals surface area contributed by atoms with Crippen LogP contribution in [0.3, 0.4) is 0 Å². The lowest BCUT2D eigenvalue weighted by molar-refractivity contribution is -0.123. The zero-order valence-electron chi connectivity index (χ0n) is 16.9. The van der Waals surface area contributed by atoms with Gasteiger partial charge in [0.25, 0.3) is 10.0 Å². The van der Waals surface area contributed by atoms with Crippen molar-refractivity contribution in [2.24, 2.45) is 5.92 Å². The second-order valence-electron chi connectivity index (χ2n) is 8.41. The normalized spacial score (nSPS) is 18.6. The van der Waals surface area contributed by atoms with Gasteiger partial charge in [-0.25, -0.2) is 12.8 Å². The molecule has 0 aliphatic heterocycles. The number of hydrogen-bond donors (Lipinski definition) is 2. The number of hydrogen-bond acceptors (Lipinski definition) is 3. The Labute approximate surface area is 177 Å². The van der Waals surface area contributed by atoms with Gasteiger partial charge < -0.3 is 5.32 Å². The largest absolute Gasteiger partial charge is 0.355 e. The molecule has 2 aliphatic rings. The SMILES string of the molecule is O=C(NCC1CCCCC1)C1(c2ccc(NS(=O)(=O)c3ccccc3F)cc2)CC1. The maximum absolute atomic E-state index is 13.8. The summed E-state index contributed by atoms with van der Waals surface area (Å²) in [6.45, 7) is 0.737. The fourth-order valence-electron chi connectivity index (χ4n) is 4.30. The standard InChI is InChI=1S/C23H27FN2O3S/c24-20-8-4-5-9-21(20)30(28,29)26-19-12-10-18(11-13-19)23(14-15-23)22(27)25-16-17-6-2-1-3-7-17/h4-5,8-13,17,26H,1-3,6-7,14-16H2,(H,25,27). The number of rotatable bonds is 7. The fourth-order valence-corrected chi connectivity index (χ4v) is 5.44. The molecule has 5 nitrogen and oxygen atoms in total. The molecule has 1 amide bonds. The van der Waals surface area contributed by atoms with Crippen LogP contribution >= 0.6 is 0 Å². The van der Waals surface area contributed by atoms with Crippen LogP contribution in [0.15, 0.2) is 53.4 Å². The Morgan fingerprint density at radius 3 is 2.30 bits per heavy atom. The van der Waals surface area contributed by atoms with Gasteiger partial charge in [-0.05, 0) is 61.4 Å². The van der Waals surface area contributed by atoms with Crippen molar-refractivity contribution in [2.45, 2.75) is 55.3 Å². The van der Waals surface area contributed by atoms with Gasteiger partial charge in [0.05, 0.1) is 5.41 Å². The van der Waals surface area contributed by atoms with Gasteiger partial charge in [0, 0.05) is 12.2 Å². The molecule has 0 radical (unpaired) electrons. The highest BCUT2D eigenvalue weighted by Crippen LogP contribution is 2.48. The van der Waals surface area contributed by atoms with Gasteiger partial charge in [-0.15, -0.1) is 0 Å². The number of sulfonamides is 1. The van der Waals surface area contributed by atoms with Crippen molar-refractivity contribution in [2.75, 3.05) is 11.3 Å². The molecule has 0 spiro atoms. The molecule has 2 aromatic rings. The molecule has 160 valence electrons. The third-order valence-corrected chi connectivity index (χ3v) is 7.69. The van der Waals surface area contributed by atoms with Crippen LogP contribution in [0.25, 0.3) is 0 Å². The predicted octanol–water partition coefficient (Wildman–Crippen LogP) is 4.35. The first-order valence-electron chi connectivity index (χ1n) is 10.6. The Morgan fingerprint density at radius 2 is 1.67 bits per heavy atom. The Kier molecular flexibility index (Phi) is 5.82. The molecule has 7 heteroatoms. The van der Waals surface area contributed by atoms with Crippen LogP contribution in [-0.4, -0.2) is 20.9 Å². The van der Waals surface area contributed by atoms with Gasteiger partial charge in [-0.3, -0.25) is 9.52 Å². The lowest BCUT2D eigenvalue weighted by atomic mass is 9.88. The highest BCUT2D eigenvalue weighted by molar-refractivity contribution is 7.92. The summed E-state index contributed by atoms with van der Waals surface area (Å²) in [6.07, 6.45) is 7.75. The van der Waals surface area contributed by atoms with Crippen LogP contribution in [0, 0.1) is 11.7 Å². The summed E-state index contributed by atoms with van der Waals surface area (Å²) >= 11 is 0. The van der Waals surface area contributed by atoms with E-state index in [1.54, 1.807) is 24.3 Å². The van der Waals surface area contributed by atoms with E-state index in [0.29, 0.717) is 11.6 Å². The van der Waals surface area contributed by atoms with Gasteiger partial charge in [-0.1, -0.05) is 43.5 Å². The first-order chi connectivity index (χ1) is 14.4. The summed E-state index contributed by atoms with van der Waals surface area (Å²) in [7, 11) is -4.02. The summed E-state index contributed by atoms with van der Waals surface area (Å²) in [5.41, 5.74) is 0.718. The van der Waals surface area contributed by atoms with Crippen LogP contribution < -0.4 is 10.0 Å². The minimum Gasteiger partial charge on any atom is -0.355 e. The second kappa shape index (κ2) is 8.38. The quantitative estimate of drug-likeness (QED) is 0.686. The average Bonchev–Trinajstić information content (AvgIpc) is 3.55. The van der Waals surface area contributed by atoms with Crippen LogP contribution in [0.5, 0.6) is 0 Å². The molecule has 30 heavy (non-hydrogen) atoms. The van der Waals surface area contributed by atoms with E-state index < -0.39 is 26.2 Å². The first kappa shape index (κ1) is 20.8. The van der Waals surface area contributed by atoms with Crippen molar-refractivity contribution in [3.63, 3.8) is 0 Å². The monoisotopic (exact) mass is 430 g/mol. The van der Waals surface area contributed by atoms with E-state index in [0.717, 1.165) is 31.0 Å². The molecule has 2 aliphatic carbocycles. The first-order valence-corrected chi connectivity index (χ1v) is 12.1. The minimum absolute atomic E-state index is 0.0627. The van der Waals surface area contributed by atoms with E-state index >= 15 is 0 Å². The minimum atomic E-state index is -4.02. The Hall–Kier alpha value is -2.41. The average molecular weight is 431 g/mol. The summed E-state index contributed by atoms with van der Waals surface area (Å²) in [5, 5.41) is 3.14. The molecule has 0 aromatic heterocycles. The Bertz CT molecular complexity index is 1010. The molecule has 0 saturated heterocycles. The lowest BCUT2D eigenvalue weighted by Gasteiger charge is -2.23. The van der Waals surface area contributed by atoms with Crippen LogP contribution in [0.1, 0.15) is 50.5 Å². The van der Waals surface area contributed by atoms with Crippen molar-refractivity contribution >= 4 is 21.6 Å². The highest BCUT2D eigenvalue weighted by atomic mass is 32.2. The maximum atomic E-state index is 13.8. The zero-order valence-corrected chi connectivity index (χ0v) is 17.7. The van der Waals surface area contributed by atoms with Crippen LogP contribution in [0.4, 0.5) is 10.1 Å². The third kappa shape index (κ3) is 4.36. The summed E-state index contributed by atoms with van der Waals surface area (Å²) in [5.74, 6) is -0.158. The van der Waals surface area contributed by atoms with Crippen LogP contribution in [0.2, 0.25) is 0 Å². The van der Waals surface area contributed by atoms with E-state index in [4.69, 9.17) is 0 Å². The number of benzene rings is 2. The number of amides is 1. The van der Waals surface area contributed by atoms with Crippen molar-refractivity contribution in [1.82, 2.24) is 5.32 Å². The number of anilines is 1. The van der Waals surface area contributed by atoms with E-state index in [1.807, 2.05) is 0 Å². The smallest absolute Gasteiger partial charge is 0.264 e. The predicted molar refractivity (Wildman–Crippen MR) is 114 cm³/mol. The van der Waals surface area contributed by atoms with E-state index in [9.17, 15) is 17.6 Å². The molecule has 0 heterocycles. The molecule has 2 fully saturated rings. The molecular weight excluding hydrogens is 403 g/mol. The second-order valence-corrected chi connectivity index (χ2v) is 10.1. The molecule has 0 unspecified atom stereocenters. The number of halogens is 1. The summed E-state index contributed by atoms with van der Waals surface area (Å²) in [4.78, 5) is 12.4. The van der Waals surface area contributed by atoms with Crippen molar-refractivity contribution < 1.29 is 17.6 Å².